The normalized spacial score (nSPS) is 15.7. The number of aliphatic hydroxyl groups excluding tert-OH is 1. The summed E-state index contributed by atoms with van der Waals surface area (Å²) in [5, 5.41) is 12.6. The Balaban J connectivity index is 1.77. The standard InChI is InChI=1S/C27H22F6N4O3/c1-36(2)10-15(38)11-37-12-19(17-8-14(27(31,32)33)4-6-21(17)37)23-22(24(39)35-25(23)40)18-9-34-20-5-3-13(7-16(18)20)26(28,29)30/h3-9,12,15,34,38H,10-11H2,1-2H3,(H,35,39,40). The largest absolute Gasteiger partial charge is 0.416 e. The van der Waals surface area contributed by atoms with Gasteiger partial charge in [-0.3, -0.25) is 14.9 Å². The van der Waals surface area contributed by atoms with Crippen molar-refractivity contribution in [1.82, 2.24) is 19.8 Å². The van der Waals surface area contributed by atoms with Gasteiger partial charge in [-0.1, -0.05) is 0 Å². The number of likely N-dealkylation sites (N-methyl/N-ethyl adjacent to an activating group) is 1. The number of hydrogen-bond acceptors (Lipinski definition) is 4. The van der Waals surface area contributed by atoms with Crippen molar-refractivity contribution in [3.8, 4) is 0 Å². The van der Waals surface area contributed by atoms with Crippen molar-refractivity contribution in [2.45, 2.75) is 25.0 Å². The number of H-pyrrole nitrogens is 1. The van der Waals surface area contributed by atoms with E-state index in [0.29, 0.717) is 0 Å². The molecule has 2 aromatic carbocycles. The number of amides is 2. The summed E-state index contributed by atoms with van der Waals surface area (Å²) in [5.41, 5.74) is -2.06. The number of benzene rings is 2. The molecule has 4 aromatic rings. The van der Waals surface area contributed by atoms with Crippen molar-refractivity contribution in [1.29, 1.82) is 0 Å². The molecule has 40 heavy (non-hydrogen) atoms. The Kier molecular flexibility index (Phi) is 6.54. The van der Waals surface area contributed by atoms with Crippen LogP contribution in [0.1, 0.15) is 22.3 Å². The van der Waals surface area contributed by atoms with E-state index in [1.165, 1.54) is 29.1 Å². The van der Waals surface area contributed by atoms with Gasteiger partial charge in [0, 0.05) is 58.4 Å². The number of hydrogen-bond donors (Lipinski definition) is 3. The summed E-state index contributed by atoms with van der Waals surface area (Å²) in [6.45, 7) is 0.194. The molecule has 3 N–H and O–H groups in total. The third kappa shape index (κ3) is 4.86. The van der Waals surface area contributed by atoms with Crippen molar-refractivity contribution >= 4 is 44.8 Å². The third-order valence-electron chi connectivity index (χ3n) is 6.67. The number of aromatic amines is 1. The van der Waals surface area contributed by atoms with Crippen LogP contribution >= 0.6 is 0 Å². The average Bonchev–Trinajstić information content (AvgIpc) is 3.49. The molecule has 1 aliphatic heterocycles. The summed E-state index contributed by atoms with van der Waals surface area (Å²) < 4.78 is 82.7. The molecule has 0 aliphatic carbocycles. The summed E-state index contributed by atoms with van der Waals surface area (Å²) >= 11 is 0. The first-order valence-electron chi connectivity index (χ1n) is 12.0. The van der Waals surface area contributed by atoms with Gasteiger partial charge < -0.3 is 19.6 Å². The molecule has 0 saturated carbocycles. The van der Waals surface area contributed by atoms with Crippen molar-refractivity contribution < 1.29 is 41.0 Å². The van der Waals surface area contributed by atoms with Crippen LogP contribution in [0.15, 0.2) is 48.8 Å². The van der Waals surface area contributed by atoms with E-state index in [0.717, 1.165) is 24.3 Å². The van der Waals surface area contributed by atoms with Crippen molar-refractivity contribution in [3.05, 3.63) is 71.0 Å². The van der Waals surface area contributed by atoms with Gasteiger partial charge in [0.15, 0.2) is 0 Å². The van der Waals surface area contributed by atoms with Crippen LogP contribution in [0.4, 0.5) is 26.3 Å². The first-order chi connectivity index (χ1) is 18.6. The number of aliphatic hydroxyl groups is 1. The predicted octanol–water partition coefficient (Wildman–Crippen LogP) is 4.65. The van der Waals surface area contributed by atoms with Crippen LogP contribution in [0.2, 0.25) is 0 Å². The van der Waals surface area contributed by atoms with Gasteiger partial charge in [-0.25, -0.2) is 0 Å². The molecule has 3 heterocycles. The van der Waals surface area contributed by atoms with Gasteiger partial charge in [0.05, 0.1) is 28.4 Å². The zero-order valence-corrected chi connectivity index (χ0v) is 21.0. The number of nitrogens with one attached hydrogen (secondary N) is 2. The van der Waals surface area contributed by atoms with Gasteiger partial charge in [-0.15, -0.1) is 0 Å². The summed E-state index contributed by atoms with van der Waals surface area (Å²) in [6, 6.07) is 5.81. The molecule has 0 radical (unpaired) electrons. The van der Waals surface area contributed by atoms with E-state index in [2.05, 4.69) is 10.3 Å². The summed E-state index contributed by atoms with van der Waals surface area (Å²) in [5.74, 6) is -1.81. The lowest BCUT2D eigenvalue weighted by Crippen LogP contribution is -2.29. The van der Waals surface area contributed by atoms with Crippen LogP contribution in [-0.4, -0.2) is 58.1 Å². The second-order valence-electron chi connectivity index (χ2n) is 9.83. The van der Waals surface area contributed by atoms with E-state index < -0.39 is 41.4 Å². The molecule has 0 fully saturated rings. The highest BCUT2D eigenvalue weighted by Crippen LogP contribution is 2.41. The van der Waals surface area contributed by atoms with Crippen LogP contribution in [-0.2, 0) is 28.5 Å². The van der Waals surface area contributed by atoms with Crippen molar-refractivity contribution in [2.24, 2.45) is 0 Å². The summed E-state index contributed by atoms with van der Waals surface area (Å²) in [7, 11) is 3.46. The quantitative estimate of drug-likeness (QED) is 0.235. The van der Waals surface area contributed by atoms with Gasteiger partial charge >= 0.3 is 12.4 Å². The molecule has 2 aromatic heterocycles. The first-order valence-corrected chi connectivity index (χ1v) is 12.0. The Morgan fingerprint density at radius 2 is 1.45 bits per heavy atom. The zero-order valence-electron chi connectivity index (χ0n) is 21.0. The number of nitrogens with zero attached hydrogens (tertiary/aromatic N) is 2. The number of aromatic nitrogens is 2. The Labute approximate surface area is 222 Å². The van der Waals surface area contributed by atoms with Gasteiger partial charge in [-0.2, -0.15) is 26.3 Å². The maximum Gasteiger partial charge on any atom is 0.416 e. The lowest BCUT2D eigenvalue weighted by Gasteiger charge is -2.17. The minimum Gasteiger partial charge on any atom is -0.390 e. The Hall–Kier alpha value is -4.10. The number of carbonyl (C=O) groups excluding carboxylic acids is 2. The third-order valence-corrected chi connectivity index (χ3v) is 6.67. The van der Waals surface area contributed by atoms with E-state index in [9.17, 15) is 41.0 Å². The molecule has 0 saturated heterocycles. The van der Waals surface area contributed by atoms with E-state index in [-0.39, 0.29) is 57.2 Å². The number of imide groups is 1. The number of rotatable bonds is 6. The molecular weight excluding hydrogens is 542 g/mol. The van der Waals surface area contributed by atoms with Crippen LogP contribution in [0, 0.1) is 0 Å². The van der Waals surface area contributed by atoms with Gasteiger partial charge in [-0.05, 0) is 50.5 Å². The fourth-order valence-corrected chi connectivity index (χ4v) is 5.00. The molecule has 1 atom stereocenters. The van der Waals surface area contributed by atoms with E-state index in [1.54, 1.807) is 19.0 Å². The Morgan fingerprint density at radius 3 is 2.05 bits per heavy atom. The lowest BCUT2D eigenvalue weighted by atomic mass is 9.94. The van der Waals surface area contributed by atoms with Gasteiger partial charge in [0.25, 0.3) is 11.8 Å². The Bertz CT molecular complexity index is 1690. The summed E-state index contributed by atoms with van der Waals surface area (Å²) in [4.78, 5) is 30.6. The number of halogens is 6. The molecular formula is C27H22F6N4O3. The predicted molar refractivity (Wildman–Crippen MR) is 135 cm³/mol. The van der Waals surface area contributed by atoms with Crippen LogP contribution in [0.25, 0.3) is 33.0 Å². The second kappa shape index (κ2) is 9.52. The maximum atomic E-state index is 13.6. The lowest BCUT2D eigenvalue weighted by molar-refractivity contribution is -0.138. The van der Waals surface area contributed by atoms with Crippen molar-refractivity contribution in [3.63, 3.8) is 0 Å². The van der Waals surface area contributed by atoms with Gasteiger partial charge in [0.2, 0.25) is 0 Å². The highest BCUT2D eigenvalue weighted by atomic mass is 19.4. The molecule has 7 nitrogen and oxygen atoms in total. The molecule has 0 spiro atoms. The van der Waals surface area contributed by atoms with Crippen LogP contribution in [0.5, 0.6) is 0 Å². The molecule has 1 aliphatic rings. The number of carbonyl (C=O) groups is 2. The van der Waals surface area contributed by atoms with Gasteiger partial charge in [0.1, 0.15) is 0 Å². The summed E-state index contributed by atoms with van der Waals surface area (Å²) in [6.07, 6.45) is -7.68. The molecule has 0 bridgehead atoms. The second-order valence-corrected chi connectivity index (χ2v) is 9.83. The van der Waals surface area contributed by atoms with Crippen LogP contribution in [0.3, 0.4) is 0 Å². The Morgan fingerprint density at radius 1 is 0.875 bits per heavy atom. The fourth-order valence-electron chi connectivity index (χ4n) is 5.00. The average molecular weight is 564 g/mol. The zero-order chi connectivity index (χ0) is 29.1. The number of alkyl halides is 6. The smallest absolute Gasteiger partial charge is 0.390 e. The molecule has 13 heteroatoms. The monoisotopic (exact) mass is 564 g/mol. The molecule has 5 rings (SSSR count). The highest BCUT2D eigenvalue weighted by Gasteiger charge is 2.37. The highest BCUT2D eigenvalue weighted by molar-refractivity contribution is 6.50. The van der Waals surface area contributed by atoms with E-state index >= 15 is 0 Å². The molecule has 2 amide bonds. The molecule has 1 unspecified atom stereocenters. The topological polar surface area (TPSA) is 90.4 Å². The maximum absolute atomic E-state index is 13.6. The number of fused-ring (bicyclic) bond motifs is 2. The van der Waals surface area contributed by atoms with E-state index in [4.69, 9.17) is 0 Å². The minimum absolute atomic E-state index is 0.00768. The molecule has 210 valence electrons. The fraction of sp³-hybridized carbons (Fsp3) is 0.259. The van der Waals surface area contributed by atoms with Crippen molar-refractivity contribution in [2.75, 3.05) is 20.6 Å². The SMILES string of the molecule is CN(C)CC(O)Cn1cc(C2=C(c3c[nH]c4ccc(C(F)(F)F)cc34)C(=O)NC2=O)c2cc(C(F)(F)F)ccc21. The van der Waals surface area contributed by atoms with E-state index in [1.807, 2.05) is 0 Å². The minimum atomic E-state index is -4.71. The van der Waals surface area contributed by atoms with Crippen LogP contribution < -0.4 is 5.32 Å². The first kappa shape index (κ1) is 27.5.